The summed E-state index contributed by atoms with van der Waals surface area (Å²) < 4.78 is 7.53. The van der Waals surface area contributed by atoms with Crippen molar-refractivity contribution in [2.45, 2.75) is 25.8 Å². The molecule has 1 aromatic carbocycles. The van der Waals surface area contributed by atoms with Crippen LogP contribution < -0.4 is 5.32 Å². The van der Waals surface area contributed by atoms with Crippen molar-refractivity contribution in [2.75, 3.05) is 26.7 Å². The number of likely N-dealkylation sites (N-methyl/N-ethyl adjacent to an activating group) is 1. The number of nitrogens with one attached hydrogen (secondary N) is 1. The van der Waals surface area contributed by atoms with Gasteiger partial charge in [-0.1, -0.05) is 30.6 Å². The molecule has 3 aromatic rings. The Kier molecular flexibility index (Phi) is 6.40. The standard InChI is InChI=1S/C19H23ClN6O.ClH/c1-12(2)17-15(10-22-26(17)14-6-4-13(20)5-7-14)19-23-18(24-27-19)16-11-21-8-9-25(16)3;/h4-7,10,12,16,21H,8-9,11H2,1-3H3;1H. The van der Waals surface area contributed by atoms with E-state index in [1.807, 2.05) is 28.9 Å². The van der Waals surface area contributed by atoms with Crippen molar-refractivity contribution in [1.82, 2.24) is 30.1 Å². The number of hydrogen-bond acceptors (Lipinski definition) is 6. The summed E-state index contributed by atoms with van der Waals surface area (Å²) in [5.74, 6) is 1.44. The lowest BCUT2D eigenvalue weighted by Crippen LogP contribution is -2.44. The second-order valence-corrected chi connectivity index (χ2v) is 7.58. The average Bonchev–Trinajstić information content (AvgIpc) is 3.29. The zero-order valence-corrected chi connectivity index (χ0v) is 17.7. The van der Waals surface area contributed by atoms with E-state index in [4.69, 9.17) is 16.1 Å². The van der Waals surface area contributed by atoms with Crippen LogP contribution in [0.1, 0.15) is 37.3 Å². The van der Waals surface area contributed by atoms with E-state index in [0.717, 1.165) is 36.6 Å². The maximum absolute atomic E-state index is 6.02. The van der Waals surface area contributed by atoms with E-state index in [9.17, 15) is 0 Å². The molecule has 0 amide bonds. The van der Waals surface area contributed by atoms with Gasteiger partial charge < -0.3 is 9.84 Å². The Balaban J connectivity index is 0.00000225. The van der Waals surface area contributed by atoms with Gasteiger partial charge in [-0.3, -0.25) is 4.90 Å². The van der Waals surface area contributed by atoms with Gasteiger partial charge in [0.25, 0.3) is 5.89 Å². The van der Waals surface area contributed by atoms with E-state index < -0.39 is 0 Å². The van der Waals surface area contributed by atoms with Gasteiger partial charge in [0.2, 0.25) is 0 Å². The number of aromatic nitrogens is 4. The summed E-state index contributed by atoms with van der Waals surface area (Å²) in [4.78, 5) is 6.93. The van der Waals surface area contributed by atoms with Gasteiger partial charge in [0, 0.05) is 24.7 Å². The van der Waals surface area contributed by atoms with E-state index >= 15 is 0 Å². The molecule has 150 valence electrons. The fraction of sp³-hybridized carbons (Fsp3) is 0.421. The van der Waals surface area contributed by atoms with E-state index in [-0.39, 0.29) is 24.4 Å². The van der Waals surface area contributed by atoms with Gasteiger partial charge in [0.05, 0.1) is 29.2 Å². The van der Waals surface area contributed by atoms with Crippen LogP contribution in [0.4, 0.5) is 0 Å². The average molecular weight is 423 g/mol. The smallest absolute Gasteiger partial charge is 0.261 e. The van der Waals surface area contributed by atoms with E-state index in [0.29, 0.717) is 16.7 Å². The summed E-state index contributed by atoms with van der Waals surface area (Å²) in [6.45, 7) is 7.01. The summed E-state index contributed by atoms with van der Waals surface area (Å²) in [6, 6.07) is 7.74. The molecule has 0 spiro atoms. The summed E-state index contributed by atoms with van der Waals surface area (Å²) in [6.07, 6.45) is 1.80. The highest BCUT2D eigenvalue weighted by Crippen LogP contribution is 2.31. The second kappa shape index (κ2) is 8.61. The van der Waals surface area contributed by atoms with Crippen LogP contribution in [-0.4, -0.2) is 51.5 Å². The van der Waals surface area contributed by atoms with Crippen LogP contribution in [0.2, 0.25) is 5.02 Å². The molecule has 3 heterocycles. The molecule has 28 heavy (non-hydrogen) atoms. The van der Waals surface area contributed by atoms with Crippen LogP contribution in [0, 0.1) is 0 Å². The van der Waals surface area contributed by atoms with E-state index in [1.165, 1.54) is 0 Å². The zero-order chi connectivity index (χ0) is 19.0. The third-order valence-electron chi connectivity index (χ3n) is 4.91. The lowest BCUT2D eigenvalue weighted by molar-refractivity contribution is 0.190. The van der Waals surface area contributed by atoms with Gasteiger partial charge >= 0.3 is 0 Å². The van der Waals surface area contributed by atoms with Gasteiger partial charge in [-0.15, -0.1) is 12.4 Å². The number of nitrogens with zero attached hydrogens (tertiary/aromatic N) is 5. The molecule has 1 aliphatic rings. The minimum Gasteiger partial charge on any atom is -0.334 e. The van der Waals surface area contributed by atoms with Gasteiger partial charge in [-0.25, -0.2) is 4.68 Å². The minimum absolute atomic E-state index is 0. The molecule has 0 saturated carbocycles. The minimum atomic E-state index is 0. The molecule has 1 N–H and O–H groups in total. The lowest BCUT2D eigenvalue weighted by atomic mass is 10.1. The number of hydrogen-bond donors (Lipinski definition) is 1. The van der Waals surface area contributed by atoms with Crippen molar-refractivity contribution in [3.05, 3.63) is 47.0 Å². The molecular formula is C19H24Cl2N6O. The molecule has 0 bridgehead atoms. The third-order valence-corrected chi connectivity index (χ3v) is 5.16. The van der Waals surface area contributed by atoms with Crippen molar-refractivity contribution in [3.63, 3.8) is 0 Å². The summed E-state index contributed by atoms with van der Waals surface area (Å²) in [5, 5.41) is 12.9. The summed E-state index contributed by atoms with van der Waals surface area (Å²) in [7, 11) is 2.08. The number of halogens is 2. The first kappa shape index (κ1) is 20.8. The molecule has 0 radical (unpaired) electrons. The Hall–Kier alpha value is -1.93. The Labute approximate surface area is 175 Å². The first-order chi connectivity index (χ1) is 13.0. The number of benzene rings is 1. The molecular weight excluding hydrogens is 399 g/mol. The predicted molar refractivity (Wildman–Crippen MR) is 111 cm³/mol. The molecule has 1 saturated heterocycles. The molecule has 1 atom stereocenters. The van der Waals surface area contributed by atoms with E-state index in [1.54, 1.807) is 6.20 Å². The van der Waals surface area contributed by atoms with Gasteiger partial charge in [0.15, 0.2) is 5.82 Å². The summed E-state index contributed by atoms with van der Waals surface area (Å²) >= 11 is 6.02. The Morgan fingerprint density at radius 2 is 2.00 bits per heavy atom. The highest BCUT2D eigenvalue weighted by Gasteiger charge is 2.27. The third kappa shape index (κ3) is 3.93. The second-order valence-electron chi connectivity index (χ2n) is 7.14. The number of piperazine rings is 1. The van der Waals surface area contributed by atoms with Gasteiger partial charge in [-0.05, 0) is 37.2 Å². The van der Waals surface area contributed by atoms with Crippen LogP contribution in [-0.2, 0) is 0 Å². The predicted octanol–water partition coefficient (Wildman–Crippen LogP) is 3.70. The quantitative estimate of drug-likeness (QED) is 0.690. The van der Waals surface area contributed by atoms with Crippen molar-refractivity contribution < 1.29 is 4.52 Å². The largest absolute Gasteiger partial charge is 0.334 e. The Morgan fingerprint density at radius 3 is 2.68 bits per heavy atom. The SMILES string of the molecule is CC(C)c1c(-c2nc(C3CNCCN3C)no2)cnn1-c1ccc(Cl)cc1.Cl. The topological polar surface area (TPSA) is 72.0 Å². The van der Waals surface area contributed by atoms with Crippen molar-refractivity contribution in [2.24, 2.45) is 0 Å². The van der Waals surface area contributed by atoms with E-state index in [2.05, 4.69) is 46.4 Å². The zero-order valence-electron chi connectivity index (χ0n) is 16.1. The Morgan fingerprint density at radius 1 is 1.25 bits per heavy atom. The molecule has 2 aromatic heterocycles. The lowest BCUT2D eigenvalue weighted by Gasteiger charge is -2.30. The highest BCUT2D eigenvalue weighted by atomic mass is 35.5. The molecule has 1 fully saturated rings. The van der Waals surface area contributed by atoms with Crippen LogP contribution in [0.25, 0.3) is 17.1 Å². The first-order valence-corrected chi connectivity index (χ1v) is 9.51. The summed E-state index contributed by atoms with van der Waals surface area (Å²) in [5.41, 5.74) is 2.85. The maximum Gasteiger partial charge on any atom is 0.261 e. The van der Waals surface area contributed by atoms with Crippen molar-refractivity contribution >= 4 is 24.0 Å². The molecule has 1 aliphatic heterocycles. The van der Waals surface area contributed by atoms with Crippen LogP contribution in [0.3, 0.4) is 0 Å². The molecule has 0 aliphatic carbocycles. The molecule has 4 rings (SSSR count). The van der Waals surface area contributed by atoms with Crippen LogP contribution >= 0.6 is 24.0 Å². The van der Waals surface area contributed by atoms with Crippen LogP contribution in [0.15, 0.2) is 35.0 Å². The van der Waals surface area contributed by atoms with Crippen molar-refractivity contribution in [3.8, 4) is 17.1 Å². The monoisotopic (exact) mass is 422 g/mol. The first-order valence-electron chi connectivity index (χ1n) is 9.13. The van der Waals surface area contributed by atoms with Crippen molar-refractivity contribution in [1.29, 1.82) is 0 Å². The fourth-order valence-corrected chi connectivity index (χ4v) is 3.57. The normalized spacial score (nSPS) is 17.7. The maximum atomic E-state index is 6.02. The molecule has 1 unspecified atom stereocenters. The highest BCUT2D eigenvalue weighted by molar-refractivity contribution is 6.30. The molecule has 9 heteroatoms. The fourth-order valence-electron chi connectivity index (χ4n) is 3.44. The molecule has 7 nitrogen and oxygen atoms in total. The van der Waals surface area contributed by atoms with Gasteiger partial charge in [-0.2, -0.15) is 10.1 Å². The van der Waals surface area contributed by atoms with Crippen LogP contribution in [0.5, 0.6) is 0 Å². The number of rotatable bonds is 4. The van der Waals surface area contributed by atoms with Gasteiger partial charge in [0.1, 0.15) is 0 Å². The Bertz CT molecular complexity index is 921.